The van der Waals surface area contributed by atoms with Gasteiger partial charge in [0.2, 0.25) is 5.91 Å². The third-order valence-corrected chi connectivity index (χ3v) is 2.85. The minimum absolute atomic E-state index is 0.0734. The average Bonchev–Trinajstić information content (AvgIpc) is 2.85. The predicted molar refractivity (Wildman–Crippen MR) is 66.4 cm³/mol. The molecule has 1 aliphatic heterocycles. The Kier molecular flexibility index (Phi) is 3.83. The van der Waals surface area contributed by atoms with Gasteiger partial charge in [-0.2, -0.15) is 0 Å². The number of carbonyl (C=O) groups excluding carboxylic acids is 2. The van der Waals surface area contributed by atoms with Crippen LogP contribution < -0.4 is 14.8 Å². The van der Waals surface area contributed by atoms with Gasteiger partial charge in [0, 0.05) is 12.5 Å². The van der Waals surface area contributed by atoms with Gasteiger partial charge in [0.15, 0.2) is 11.5 Å². The van der Waals surface area contributed by atoms with Gasteiger partial charge in [-0.15, -0.1) is 0 Å². The highest BCUT2D eigenvalue weighted by Gasteiger charge is 2.29. The lowest BCUT2D eigenvalue weighted by Gasteiger charge is -2.12. The fourth-order valence-corrected chi connectivity index (χ4v) is 1.82. The molecule has 0 bridgehead atoms. The van der Waals surface area contributed by atoms with Gasteiger partial charge < -0.3 is 14.8 Å². The van der Waals surface area contributed by atoms with Crippen LogP contribution in [0.1, 0.15) is 12.8 Å². The maximum atomic E-state index is 11.8. The molecule has 1 amide bonds. The van der Waals surface area contributed by atoms with Crippen LogP contribution in [-0.4, -0.2) is 30.0 Å². The number of nitro groups is 1. The number of hydrogen-bond acceptors (Lipinski definition) is 6. The number of benzene rings is 1. The number of rotatable bonds is 4. The lowest BCUT2D eigenvalue weighted by molar-refractivity contribution is -0.384. The summed E-state index contributed by atoms with van der Waals surface area (Å²) in [7, 11) is 1.31. The summed E-state index contributed by atoms with van der Waals surface area (Å²) in [5.41, 5.74) is -0.171. The van der Waals surface area contributed by atoms with Crippen LogP contribution in [0.5, 0.6) is 11.5 Å². The zero-order chi connectivity index (χ0) is 14.7. The van der Waals surface area contributed by atoms with Gasteiger partial charge in [0.25, 0.3) is 5.69 Å². The van der Waals surface area contributed by atoms with Gasteiger partial charge in [-0.25, -0.2) is 4.79 Å². The largest absolute Gasteiger partial charge is 0.493 e. The maximum Gasteiger partial charge on any atom is 0.334 e. The summed E-state index contributed by atoms with van der Waals surface area (Å²) in [5, 5.41) is 13.1. The van der Waals surface area contributed by atoms with E-state index in [1.165, 1.54) is 19.2 Å². The Morgan fingerprint density at radius 2 is 2.20 bits per heavy atom. The van der Waals surface area contributed by atoms with Crippen LogP contribution in [0.3, 0.4) is 0 Å². The van der Waals surface area contributed by atoms with Crippen molar-refractivity contribution in [1.82, 2.24) is 5.32 Å². The van der Waals surface area contributed by atoms with E-state index in [2.05, 4.69) is 5.32 Å². The molecular formula is C12H12N2O6. The number of hydrogen-bond donors (Lipinski definition) is 1. The first-order valence-electron chi connectivity index (χ1n) is 5.84. The van der Waals surface area contributed by atoms with E-state index < -0.39 is 16.9 Å². The van der Waals surface area contributed by atoms with Crippen molar-refractivity contribution in [2.24, 2.45) is 0 Å². The van der Waals surface area contributed by atoms with Crippen molar-refractivity contribution in [1.29, 1.82) is 0 Å². The molecule has 0 spiro atoms. The van der Waals surface area contributed by atoms with E-state index in [9.17, 15) is 19.7 Å². The number of ether oxygens (including phenoxy) is 2. The van der Waals surface area contributed by atoms with Crippen LogP contribution >= 0.6 is 0 Å². The Morgan fingerprint density at radius 1 is 1.45 bits per heavy atom. The summed E-state index contributed by atoms with van der Waals surface area (Å²) >= 11 is 0. The van der Waals surface area contributed by atoms with Gasteiger partial charge in [0.05, 0.1) is 18.1 Å². The smallest absolute Gasteiger partial charge is 0.334 e. The molecule has 1 N–H and O–H groups in total. The van der Waals surface area contributed by atoms with Gasteiger partial charge in [0.1, 0.15) is 6.04 Å². The quantitative estimate of drug-likeness (QED) is 0.378. The summed E-state index contributed by atoms with van der Waals surface area (Å²) in [6.45, 7) is 0. The van der Waals surface area contributed by atoms with Crippen LogP contribution in [-0.2, 0) is 9.59 Å². The van der Waals surface area contributed by atoms with E-state index in [4.69, 9.17) is 9.47 Å². The molecule has 1 aliphatic rings. The van der Waals surface area contributed by atoms with Crippen molar-refractivity contribution in [2.75, 3.05) is 7.11 Å². The van der Waals surface area contributed by atoms with Gasteiger partial charge >= 0.3 is 5.97 Å². The molecule has 8 nitrogen and oxygen atoms in total. The third kappa shape index (κ3) is 2.85. The first kappa shape index (κ1) is 13.8. The standard InChI is InChI=1S/C12H12N2O6/c1-19-10-6-7(14(17)18)2-4-9(10)20-12(16)8-3-5-11(15)13-8/h2,4,6,8H,3,5H2,1H3,(H,13,15). The summed E-state index contributed by atoms with van der Waals surface area (Å²) in [6, 6.07) is 2.96. The normalized spacial score (nSPS) is 17.4. The third-order valence-electron chi connectivity index (χ3n) is 2.85. The molecule has 0 aliphatic carbocycles. The molecule has 1 heterocycles. The van der Waals surface area contributed by atoms with Crippen LogP contribution in [0, 0.1) is 10.1 Å². The van der Waals surface area contributed by atoms with Crippen LogP contribution in [0.2, 0.25) is 0 Å². The average molecular weight is 280 g/mol. The molecule has 1 aromatic rings. The number of nitro benzene ring substituents is 1. The molecule has 0 saturated carbocycles. The van der Waals surface area contributed by atoms with E-state index >= 15 is 0 Å². The highest BCUT2D eigenvalue weighted by atomic mass is 16.6. The molecule has 20 heavy (non-hydrogen) atoms. The molecule has 1 aromatic carbocycles. The molecule has 1 atom stereocenters. The summed E-state index contributed by atoms with van der Waals surface area (Å²) < 4.78 is 10.1. The summed E-state index contributed by atoms with van der Waals surface area (Å²) in [4.78, 5) is 32.9. The summed E-state index contributed by atoms with van der Waals surface area (Å²) in [5.74, 6) is -0.674. The highest BCUT2D eigenvalue weighted by molar-refractivity contribution is 5.89. The monoisotopic (exact) mass is 280 g/mol. The minimum atomic E-state index is -0.692. The Bertz CT molecular complexity index is 571. The number of nitrogens with zero attached hydrogens (tertiary/aromatic N) is 1. The Labute approximate surface area is 113 Å². The second-order valence-corrected chi connectivity index (χ2v) is 4.17. The van der Waals surface area contributed by atoms with Crippen molar-refractivity contribution in [2.45, 2.75) is 18.9 Å². The van der Waals surface area contributed by atoms with Gasteiger partial charge in [-0.3, -0.25) is 14.9 Å². The lowest BCUT2D eigenvalue weighted by atomic mass is 10.2. The molecular weight excluding hydrogens is 268 g/mol. The van der Waals surface area contributed by atoms with Crippen LogP contribution in [0.15, 0.2) is 18.2 Å². The number of amides is 1. The van der Waals surface area contributed by atoms with E-state index in [1.54, 1.807) is 0 Å². The zero-order valence-electron chi connectivity index (χ0n) is 10.6. The highest BCUT2D eigenvalue weighted by Crippen LogP contribution is 2.31. The lowest BCUT2D eigenvalue weighted by Crippen LogP contribution is -2.36. The molecule has 0 radical (unpaired) electrons. The molecule has 0 aromatic heterocycles. The van der Waals surface area contributed by atoms with E-state index in [0.29, 0.717) is 6.42 Å². The predicted octanol–water partition coefficient (Wildman–Crippen LogP) is 0.787. The van der Waals surface area contributed by atoms with Gasteiger partial charge in [-0.05, 0) is 12.5 Å². The second kappa shape index (κ2) is 5.55. The maximum absolute atomic E-state index is 11.8. The Hall–Kier alpha value is -2.64. The number of methoxy groups -OCH3 is 1. The SMILES string of the molecule is COc1cc([N+](=O)[O-])ccc1OC(=O)C1CCC(=O)N1. The topological polar surface area (TPSA) is 108 Å². The van der Waals surface area contributed by atoms with Crippen molar-refractivity contribution >= 4 is 17.6 Å². The molecule has 1 fully saturated rings. The first-order valence-corrected chi connectivity index (χ1v) is 5.84. The molecule has 2 rings (SSSR count). The number of carbonyl (C=O) groups is 2. The molecule has 1 unspecified atom stereocenters. The zero-order valence-corrected chi connectivity index (χ0v) is 10.6. The fraction of sp³-hybridized carbons (Fsp3) is 0.333. The van der Waals surface area contributed by atoms with Crippen LogP contribution in [0.4, 0.5) is 5.69 Å². The Morgan fingerprint density at radius 3 is 2.75 bits per heavy atom. The van der Waals surface area contributed by atoms with Crippen molar-refractivity contribution < 1.29 is 24.0 Å². The number of nitrogens with one attached hydrogen (secondary N) is 1. The second-order valence-electron chi connectivity index (χ2n) is 4.17. The van der Waals surface area contributed by atoms with Crippen molar-refractivity contribution in [3.05, 3.63) is 28.3 Å². The Balaban J connectivity index is 2.14. The number of esters is 1. The first-order chi connectivity index (χ1) is 9.51. The summed E-state index contributed by atoms with van der Waals surface area (Å²) in [6.07, 6.45) is 0.643. The fourth-order valence-electron chi connectivity index (χ4n) is 1.82. The van der Waals surface area contributed by atoms with Crippen molar-refractivity contribution in [3.8, 4) is 11.5 Å². The van der Waals surface area contributed by atoms with Gasteiger partial charge in [-0.1, -0.05) is 0 Å². The molecule has 1 saturated heterocycles. The van der Waals surface area contributed by atoms with E-state index in [0.717, 1.165) is 6.07 Å². The number of non-ortho nitro benzene ring substituents is 1. The van der Waals surface area contributed by atoms with Crippen LogP contribution in [0.25, 0.3) is 0 Å². The molecule has 106 valence electrons. The van der Waals surface area contributed by atoms with Crippen molar-refractivity contribution in [3.63, 3.8) is 0 Å². The van der Waals surface area contributed by atoms with E-state index in [-0.39, 0.29) is 29.5 Å². The van der Waals surface area contributed by atoms with E-state index in [1.807, 2.05) is 0 Å². The molecule has 8 heteroatoms. The minimum Gasteiger partial charge on any atom is -0.493 e.